The Morgan fingerprint density at radius 3 is 1.78 bits per heavy atom. The largest absolute Gasteiger partial charge is 1.00 e. The minimum Gasteiger partial charge on any atom is -0.780 e. The van der Waals surface area contributed by atoms with Gasteiger partial charge in [-0.3, -0.25) is 9.59 Å². The van der Waals surface area contributed by atoms with E-state index in [9.17, 15) is 9.59 Å². The molecule has 0 unspecified atom stereocenters. The van der Waals surface area contributed by atoms with Crippen molar-refractivity contribution in [2.24, 2.45) is 0 Å². The van der Waals surface area contributed by atoms with Crippen molar-refractivity contribution in [3.63, 3.8) is 0 Å². The first kappa shape index (κ1) is 22.9. The molecule has 6 heteroatoms. The molecule has 0 atom stereocenters. The van der Waals surface area contributed by atoms with Gasteiger partial charge in [0.15, 0.2) is 0 Å². The molecule has 0 saturated carbocycles. The molecule has 27 heavy (non-hydrogen) atoms. The molecule has 3 nitrogen and oxygen atoms in total. The maximum Gasteiger partial charge on any atom is 1.00 e. The van der Waals surface area contributed by atoms with Crippen molar-refractivity contribution < 1.29 is 31.4 Å². The molecular formula is C21H17CuO3S2. The number of ether oxygens (including phenoxy) is 1. The topological polar surface area (TPSA) is 43.4 Å². The van der Waals surface area contributed by atoms with E-state index in [0.29, 0.717) is 11.3 Å². The van der Waals surface area contributed by atoms with Crippen molar-refractivity contribution >= 4 is 35.5 Å². The summed E-state index contributed by atoms with van der Waals surface area (Å²) in [5, 5.41) is -0.0411. The van der Waals surface area contributed by atoms with Gasteiger partial charge in [-0.05, 0) is 48.2 Å². The number of benzene rings is 3. The maximum absolute atomic E-state index is 12.0. The monoisotopic (exact) mass is 444 g/mol. The van der Waals surface area contributed by atoms with Crippen LogP contribution in [-0.2, 0) is 34.5 Å². The molecule has 3 aromatic carbocycles. The summed E-state index contributed by atoms with van der Waals surface area (Å²) in [5.74, 6) is 0.0616. The standard InChI is InChI=1S/C15H12O3S.C6H6S.Cu/c1-11(16)18-13-9-7-12(8-10-13)15(17)19-14-5-3-2-4-6-14;7-6-4-2-1-3-5-6;/h2-10H,1H3;1-5,7H;/q;;+1/p-1. The molecular weight excluding hydrogens is 428 g/mol. The Labute approximate surface area is 179 Å². The average molecular weight is 445 g/mol. The fraction of sp³-hybridized carbons (Fsp3) is 0.0476. The number of hydrogen-bond donors (Lipinski definition) is 0. The van der Waals surface area contributed by atoms with Crippen LogP contribution in [-0.4, -0.2) is 11.1 Å². The first-order chi connectivity index (χ1) is 12.5. The zero-order valence-electron chi connectivity index (χ0n) is 14.4. The van der Waals surface area contributed by atoms with Crippen LogP contribution in [0.2, 0.25) is 0 Å². The van der Waals surface area contributed by atoms with Gasteiger partial charge in [0.2, 0.25) is 5.12 Å². The zero-order chi connectivity index (χ0) is 18.8. The summed E-state index contributed by atoms with van der Waals surface area (Å²) in [6, 6.07) is 25.6. The molecule has 3 rings (SSSR count). The minimum atomic E-state index is -0.377. The molecule has 3 aromatic rings. The Morgan fingerprint density at radius 2 is 1.33 bits per heavy atom. The number of carbonyl (C=O) groups is 2. The fourth-order valence-electron chi connectivity index (χ4n) is 1.90. The summed E-state index contributed by atoms with van der Waals surface area (Å²) in [7, 11) is 0. The van der Waals surface area contributed by atoms with Crippen LogP contribution in [0.1, 0.15) is 17.3 Å². The molecule has 0 radical (unpaired) electrons. The van der Waals surface area contributed by atoms with Gasteiger partial charge < -0.3 is 17.4 Å². The van der Waals surface area contributed by atoms with E-state index in [4.69, 9.17) is 17.4 Å². The van der Waals surface area contributed by atoms with Crippen LogP contribution in [0.4, 0.5) is 0 Å². The van der Waals surface area contributed by atoms with E-state index < -0.39 is 0 Å². The predicted molar refractivity (Wildman–Crippen MR) is 106 cm³/mol. The maximum atomic E-state index is 12.0. The van der Waals surface area contributed by atoms with Crippen molar-refractivity contribution in [3.8, 4) is 5.75 Å². The van der Waals surface area contributed by atoms with Crippen LogP contribution in [0, 0.1) is 0 Å². The molecule has 0 amide bonds. The molecule has 0 bridgehead atoms. The SMILES string of the molecule is CC(=O)Oc1ccc(C(=O)Sc2ccccc2)cc1.[Cu+].[S-]c1ccccc1. The molecule has 142 valence electrons. The Morgan fingerprint density at radius 1 is 0.815 bits per heavy atom. The van der Waals surface area contributed by atoms with E-state index in [0.717, 1.165) is 9.79 Å². The van der Waals surface area contributed by atoms with E-state index >= 15 is 0 Å². The van der Waals surface area contributed by atoms with Gasteiger partial charge in [0.05, 0.1) is 0 Å². The van der Waals surface area contributed by atoms with Crippen LogP contribution >= 0.6 is 11.8 Å². The van der Waals surface area contributed by atoms with Crippen LogP contribution < -0.4 is 4.74 Å². The Bertz CT molecular complexity index is 838. The summed E-state index contributed by atoms with van der Waals surface area (Å²) < 4.78 is 4.91. The zero-order valence-corrected chi connectivity index (χ0v) is 17.0. The number of carbonyl (C=O) groups excluding carboxylic acids is 2. The summed E-state index contributed by atoms with van der Waals surface area (Å²) in [4.78, 5) is 24.6. The molecule has 0 spiro atoms. The smallest absolute Gasteiger partial charge is 0.780 e. The summed E-state index contributed by atoms with van der Waals surface area (Å²) in [6.45, 7) is 1.34. The molecule has 0 N–H and O–H groups in total. The molecule has 0 heterocycles. The first-order valence-electron chi connectivity index (χ1n) is 7.82. The van der Waals surface area contributed by atoms with Gasteiger partial charge in [-0.2, -0.15) is 4.90 Å². The third-order valence-electron chi connectivity index (χ3n) is 3.05. The predicted octanol–water partition coefficient (Wildman–Crippen LogP) is 5.13. The van der Waals surface area contributed by atoms with Crippen LogP contribution in [0.25, 0.3) is 0 Å². The third-order valence-corrected chi connectivity index (χ3v) is 4.25. The van der Waals surface area contributed by atoms with Crippen molar-refractivity contribution in [3.05, 3.63) is 90.5 Å². The van der Waals surface area contributed by atoms with Crippen molar-refractivity contribution in [2.75, 3.05) is 0 Å². The summed E-state index contributed by atoms with van der Waals surface area (Å²) >= 11 is 5.98. The van der Waals surface area contributed by atoms with Gasteiger partial charge in [-0.15, -0.1) is 0 Å². The van der Waals surface area contributed by atoms with E-state index in [2.05, 4.69) is 0 Å². The number of thioether (sulfide) groups is 1. The van der Waals surface area contributed by atoms with Gasteiger partial charge in [-0.25, -0.2) is 0 Å². The second-order valence-corrected chi connectivity index (χ2v) is 6.65. The Kier molecular flexibility index (Phi) is 10.5. The number of hydrogen-bond acceptors (Lipinski definition) is 5. The number of esters is 1. The molecule has 0 saturated heterocycles. The minimum absolute atomic E-state index is 0. The van der Waals surface area contributed by atoms with Crippen molar-refractivity contribution in [1.29, 1.82) is 0 Å². The molecule has 0 aliphatic heterocycles. The third kappa shape index (κ3) is 8.89. The van der Waals surface area contributed by atoms with E-state index in [1.54, 1.807) is 24.3 Å². The van der Waals surface area contributed by atoms with Crippen molar-refractivity contribution in [1.82, 2.24) is 0 Å². The number of rotatable bonds is 3. The normalized spacial score (nSPS) is 9.22. The average Bonchev–Trinajstić information content (AvgIpc) is 2.64. The van der Waals surface area contributed by atoms with Crippen LogP contribution in [0.5, 0.6) is 5.75 Å². The van der Waals surface area contributed by atoms with Gasteiger partial charge >= 0.3 is 23.0 Å². The van der Waals surface area contributed by atoms with Gasteiger partial charge in [0.1, 0.15) is 5.75 Å². The summed E-state index contributed by atoms with van der Waals surface area (Å²) in [6.07, 6.45) is 0. The molecule has 0 aromatic heterocycles. The van der Waals surface area contributed by atoms with Crippen LogP contribution in [0.15, 0.2) is 94.7 Å². The van der Waals surface area contributed by atoms with Crippen molar-refractivity contribution in [2.45, 2.75) is 16.7 Å². The van der Waals surface area contributed by atoms with Gasteiger partial charge in [-0.1, -0.05) is 48.5 Å². The second-order valence-electron chi connectivity index (χ2n) is 5.13. The van der Waals surface area contributed by atoms with E-state index in [1.165, 1.54) is 18.7 Å². The molecule has 0 aliphatic carbocycles. The van der Waals surface area contributed by atoms with Gasteiger partial charge in [0.25, 0.3) is 0 Å². The van der Waals surface area contributed by atoms with E-state index in [-0.39, 0.29) is 28.2 Å². The van der Waals surface area contributed by atoms with Crippen LogP contribution in [0.3, 0.4) is 0 Å². The quantitative estimate of drug-likeness (QED) is 0.184. The molecule has 0 fully saturated rings. The molecule has 0 aliphatic rings. The first-order valence-corrected chi connectivity index (χ1v) is 9.05. The Hall–Kier alpha value is -2.11. The van der Waals surface area contributed by atoms with Gasteiger partial charge in [0, 0.05) is 17.4 Å². The summed E-state index contributed by atoms with van der Waals surface area (Å²) in [5.41, 5.74) is 0.574. The second kappa shape index (κ2) is 12.3. The fourth-order valence-corrected chi connectivity index (χ4v) is 2.82. The van der Waals surface area contributed by atoms with E-state index in [1.807, 2.05) is 60.7 Å². The Balaban J connectivity index is 0.000000385.